The van der Waals surface area contributed by atoms with Crippen LogP contribution < -0.4 is 5.32 Å². The van der Waals surface area contributed by atoms with Crippen LogP contribution in [0.2, 0.25) is 0 Å². The highest BCUT2D eigenvalue weighted by Gasteiger charge is 2.32. The van der Waals surface area contributed by atoms with E-state index in [1.807, 2.05) is 36.5 Å². The minimum Gasteiger partial charge on any atom is -0.354 e. The molecule has 1 N–H and O–H groups in total. The van der Waals surface area contributed by atoms with Gasteiger partial charge in [0, 0.05) is 25.1 Å². The Morgan fingerprint density at radius 1 is 1.04 bits per heavy atom. The fraction of sp³-hybridized carbons (Fsp3) is 0.188. The molecule has 0 aliphatic heterocycles. The number of alkyl halides is 3. The van der Waals surface area contributed by atoms with E-state index in [1.54, 1.807) is 10.9 Å². The number of benzene rings is 1. The highest BCUT2D eigenvalue weighted by Crippen LogP contribution is 2.27. The van der Waals surface area contributed by atoms with Gasteiger partial charge in [0.1, 0.15) is 5.69 Å². The number of anilines is 1. The summed E-state index contributed by atoms with van der Waals surface area (Å²) in [7, 11) is 0. The molecule has 1 aromatic carbocycles. The zero-order valence-corrected chi connectivity index (χ0v) is 12.5. The molecule has 0 saturated carbocycles. The summed E-state index contributed by atoms with van der Waals surface area (Å²) in [6.07, 6.45) is 0.812. The predicted molar refractivity (Wildman–Crippen MR) is 82.8 cm³/mol. The SMILES string of the molecule is FC(F)(F)c1ccnc(NCCc2ccc(-n3cccn3)cc2)n1. The Hall–Kier alpha value is -2.90. The Balaban J connectivity index is 1.57. The summed E-state index contributed by atoms with van der Waals surface area (Å²) in [5.41, 5.74) is 1.03. The van der Waals surface area contributed by atoms with Crippen molar-refractivity contribution in [2.24, 2.45) is 0 Å². The molecule has 3 rings (SSSR count). The minimum absolute atomic E-state index is 0.0296. The van der Waals surface area contributed by atoms with Crippen LogP contribution in [-0.2, 0) is 12.6 Å². The van der Waals surface area contributed by atoms with Gasteiger partial charge in [0.15, 0.2) is 0 Å². The van der Waals surface area contributed by atoms with Crippen LogP contribution in [0.1, 0.15) is 11.3 Å². The van der Waals surface area contributed by atoms with Crippen LogP contribution in [0.15, 0.2) is 55.0 Å². The minimum atomic E-state index is -4.47. The van der Waals surface area contributed by atoms with Crippen LogP contribution in [-0.4, -0.2) is 26.3 Å². The molecule has 2 aromatic heterocycles. The van der Waals surface area contributed by atoms with E-state index >= 15 is 0 Å². The average Bonchev–Trinajstić information content (AvgIpc) is 3.10. The van der Waals surface area contributed by atoms with E-state index in [0.29, 0.717) is 13.0 Å². The van der Waals surface area contributed by atoms with E-state index in [0.717, 1.165) is 23.5 Å². The molecule has 2 heterocycles. The quantitative estimate of drug-likeness (QED) is 0.778. The van der Waals surface area contributed by atoms with E-state index < -0.39 is 11.9 Å². The van der Waals surface area contributed by atoms with Crippen LogP contribution in [0.25, 0.3) is 5.69 Å². The fourth-order valence-corrected chi connectivity index (χ4v) is 2.16. The molecule has 0 fully saturated rings. The summed E-state index contributed by atoms with van der Waals surface area (Å²) in [6, 6.07) is 10.5. The van der Waals surface area contributed by atoms with Gasteiger partial charge in [-0.25, -0.2) is 14.6 Å². The molecule has 0 aliphatic rings. The molecule has 0 saturated heterocycles. The van der Waals surface area contributed by atoms with Gasteiger partial charge in [-0.1, -0.05) is 12.1 Å². The molecule has 5 nitrogen and oxygen atoms in total. The highest BCUT2D eigenvalue weighted by atomic mass is 19.4. The van der Waals surface area contributed by atoms with Gasteiger partial charge in [-0.05, 0) is 36.2 Å². The lowest BCUT2D eigenvalue weighted by Gasteiger charge is -2.09. The molecule has 0 atom stereocenters. The van der Waals surface area contributed by atoms with Crippen molar-refractivity contribution < 1.29 is 13.2 Å². The molecule has 0 spiro atoms. The van der Waals surface area contributed by atoms with Crippen LogP contribution in [0, 0.1) is 0 Å². The van der Waals surface area contributed by atoms with Crippen molar-refractivity contribution >= 4 is 5.95 Å². The van der Waals surface area contributed by atoms with Crippen LogP contribution in [0.5, 0.6) is 0 Å². The van der Waals surface area contributed by atoms with Crippen molar-refractivity contribution in [1.29, 1.82) is 0 Å². The van der Waals surface area contributed by atoms with E-state index in [-0.39, 0.29) is 5.95 Å². The summed E-state index contributed by atoms with van der Waals surface area (Å²) in [6.45, 7) is 0.433. The Labute approximate surface area is 136 Å². The van der Waals surface area contributed by atoms with E-state index in [4.69, 9.17) is 0 Å². The summed E-state index contributed by atoms with van der Waals surface area (Å²) in [5.74, 6) is -0.0296. The number of rotatable bonds is 5. The largest absolute Gasteiger partial charge is 0.433 e. The van der Waals surface area contributed by atoms with Crippen LogP contribution in [0.4, 0.5) is 19.1 Å². The first-order valence-electron chi connectivity index (χ1n) is 7.25. The van der Waals surface area contributed by atoms with E-state index in [2.05, 4.69) is 20.4 Å². The standard InChI is InChI=1S/C16H14F3N5/c17-16(18,19)14-7-10-21-15(23-14)20-9-6-12-2-4-13(5-3-12)24-11-1-8-22-24/h1-5,7-8,10-11H,6,9H2,(H,20,21,23). The Morgan fingerprint density at radius 2 is 1.83 bits per heavy atom. The summed E-state index contributed by atoms with van der Waals surface area (Å²) >= 11 is 0. The Kier molecular flexibility index (Phi) is 4.45. The van der Waals surface area contributed by atoms with Gasteiger partial charge in [-0.15, -0.1) is 0 Å². The van der Waals surface area contributed by atoms with Crippen molar-refractivity contribution in [2.75, 3.05) is 11.9 Å². The zero-order chi connectivity index (χ0) is 17.0. The maximum Gasteiger partial charge on any atom is 0.433 e. The van der Waals surface area contributed by atoms with Gasteiger partial charge in [-0.3, -0.25) is 0 Å². The van der Waals surface area contributed by atoms with Gasteiger partial charge in [-0.2, -0.15) is 18.3 Å². The normalized spacial score (nSPS) is 11.5. The van der Waals surface area contributed by atoms with Gasteiger partial charge in [0.2, 0.25) is 5.95 Å². The molecule has 24 heavy (non-hydrogen) atoms. The van der Waals surface area contributed by atoms with Gasteiger partial charge in [0.05, 0.1) is 5.69 Å². The maximum absolute atomic E-state index is 12.6. The fourth-order valence-electron chi connectivity index (χ4n) is 2.16. The van der Waals surface area contributed by atoms with Gasteiger partial charge < -0.3 is 5.32 Å². The second-order valence-electron chi connectivity index (χ2n) is 5.06. The molecule has 124 valence electrons. The smallest absolute Gasteiger partial charge is 0.354 e. The molecule has 8 heteroatoms. The predicted octanol–water partition coefficient (Wildman–Crippen LogP) is 3.34. The summed E-state index contributed by atoms with van der Waals surface area (Å²) < 4.78 is 39.5. The number of halogens is 3. The maximum atomic E-state index is 12.6. The lowest BCUT2D eigenvalue weighted by atomic mass is 10.1. The van der Waals surface area contributed by atoms with Crippen molar-refractivity contribution in [3.05, 3.63) is 66.2 Å². The van der Waals surface area contributed by atoms with Crippen LogP contribution in [0.3, 0.4) is 0 Å². The third-order valence-electron chi connectivity index (χ3n) is 3.35. The van der Waals surface area contributed by atoms with Crippen molar-refractivity contribution in [2.45, 2.75) is 12.6 Å². The molecule has 3 aromatic rings. The first-order chi connectivity index (χ1) is 11.5. The average molecular weight is 333 g/mol. The second-order valence-corrected chi connectivity index (χ2v) is 5.06. The lowest BCUT2D eigenvalue weighted by Crippen LogP contribution is -2.13. The summed E-state index contributed by atoms with van der Waals surface area (Å²) in [4.78, 5) is 7.26. The molecule has 0 unspecified atom stereocenters. The molecule has 0 bridgehead atoms. The van der Waals surface area contributed by atoms with Crippen molar-refractivity contribution in [3.63, 3.8) is 0 Å². The second kappa shape index (κ2) is 6.69. The Bertz CT molecular complexity index is 782. The van der Waals surface area contributed by atoms with Gasteiger partial charge in [0.25, 0.3) is 0 Å². The topological polar surface area (TPSA) is 55.6 Å². The highest BCUT2D eigenvalue weighted by molar-refractivity contribution is 5.34. The number of hydrogen-bond donors (Lipinski definition) is 1. The Morgan fingerprint density at radius 3 is 2.50 bits per heavy atom. The van der Waals surface area contributed by atoms with E-state index in [1.165, 1.54) is 0 Å². The first-order valence-corrected chi connectivity index (χ1v) is 7.25. The first kappa shape index (κ1) is 16.0. The van der Waals surface area contributed by atoms with Crippen molar-refractivity contribution in [1.82, 2.24) is 19.7 Å². The number of nitrogens with one attached hydrogen (secondary N) is 1. The summed E-state index contributed by atoms with van der Waals surface area (Å²) in [5, 5.41) is 6.95. The zero-order valence-electron chi connectivity index (χ0n) is 12.5. The number of aromatic nitrogens is 4. The molecule has 0 aliphatic carbocycles. The number of hydrogen-bond acceptors (Lipinski definition) is 4. The molecule has 0 radical (unpaired) electrons. The molecule has 0 amide bonds. The monoisotopic (exact) mass is 333 g/mol. The molecular formula is C16H14F3N5. The van der Waals surface area contributed by atoms with Crippen LogP contribution >= 0.6 is 0 Å². The lowest BCUT2D eigenvalue weighted by molar-refractivity contribution is -0.141. The third-order valence-corrected chi connectivity index (χ3v) is 3.35. The van der Waals surface area contributed by atoms with Gasteiger partial charge >= 0.3 is 6.18 Å². The van der Waals surface area contributed by atoms with Crippen molar-refractivity contribution in [3.8, 4) is 5.69 Å². The molecular weight excluding hydrogens is 319 g/mol. The third kappa shape index (κ3) is 3.89. The van der Waals surface area contributed by atoms with E-state index in [9.17, 15) is 13.2 Å². The number of nitrogens with zero attached hydrogens (tertiary/aromatic N) is 4.